The Kier molecular flexibility index (Phi) is 5.88. The maximum Gasteiger partial charge on any atom is 0.435 e. The number of rotatable bonds is 4. The van der Waals surface area contributed by atoms with Crippen LogP contribution in [0.3, 0.4) is 0 Å². The van der Waals surface area contributed by atoms with E-state index in [1.54, 1.807) is 32.3 Å². The van der Waals surface area contributed by atoms with Crippen molar-refractivity contribution in [2.24, 2.45) is 12.2 Å². The minimum Gasteiger partial charge on any atom is -0.374 e. The molecule has 0 aliphatic carbocycles. The fourth-order valence-electron chi connectivity index (χ4n) is 3.62. The van der Waals surface area contributed by atoms with Crippen molar-refractivity contribution in [2.45, 2.75) is 25.1 Å². The standard InChI is InChI=1S/C22H17Cl2F3N4O2/c1-12-7-13(3-4-17(12)20(32)29-19-5-6-28-31(19)2)18-11-21(33-30-18,22(25,26)27)14-8-15(23)10-16(24)9-14/h3-10H,11H2,1-2H3,(H,29,32). The first-order chi connectivity index (χ1) is 15.5. The molecule has 2 aromatic carbocycles. The predicted molar refractivity (Wildman–Crippen MR) is 119 cm³/mol. The van der Waals surface area contributed by atoms with Crippen molar-refractivity contribution in [3.8, 4) is 0 Å². The first-order valence-electron chi connectivity index (χ1n) is 9.69. The summed E-state index contributed by atoms with van der Waals surface area (Å²) in [6.45, 7) is 1.69. The topological polar surface area (TPSA) is 68.5 Å². The van der Waals surface area contributed by atoms with E-state index in [1.165, 1.54) is 22.9 Å². The zero-order valence-corrected chi connectivity index (χ0v) is 18.9. The molecule has 11 heteroatoms. The van der Waals surface area contributed by atoms with Gasteiger partial charge < -0.3 is 10.2 Å². The molecule has 3 aromatic rings. The Morgan fingerprint density at radius 2 is 1.85 bits per heavy atom. The summed E-state index contributed by atoms with van der Waals surface area (Å²) in [5, 5.41) is 10.6. The Balaban J connectivity index is 1.62. The third kappa shape index (κ3) is 4.30. The van der Waals surface area contributed by atoms with Gasteiger partial charge in [0.05, 0.1) is 11.9 Å². The Labute approximate surface area is 196 Å². The summed E-state index contributed by atoms with van der Waals surface area (Å²) in [5.41, 5.74) is -1.54. The number of hydrogen-bond donors (Lipinski definition) is 1. The maximum atomic E-state index is 14.2. The van der Waals surface area contributed by atoms with Crippen LogP contribution in [0.15, 0.2) is 53.8 Å². The van der Waals surface area contributed by atoms with Gasteiger partial charge in [0.2, 0.25) is 0 Å². The van der Waals surface area contributed by atoms with Gasteiger partial charge in [-0.3, -0.25) is 9.48 Å². The normalized spacial score (nSPS) is 18.1. The van der Waals surface area contributed by atoms with Crippen molar-refractivity contribution in [1.82, 2.24) is 9.78 Å². The summed E-state index contributed by atoms with van der Waals surface area (Å²) in [6.07, 6.45) is -3.82. The lowest BCUT2D eigenvalue weighted by Gasteiger charge is -2.29. The molecule has 1 atom stereocenters. The molecule has 0 saturated carbocycles. The van der Waals surface area contributed by atoms with Gasteiger partial charge in [-0.2, -0.15) is 18.3 Å². The highest BCUT2D eigenvalue weighted by molar-refractivity contribution is 6.34. The monoisotopic (exact) mass is 496 g/mol. The number of oxime groups is 1. The highest BCUT2D eigenvalue weighted by atomic mass is 35.5. The van der Waals surface area contributed by atoms with E-state index in [0.29, 0.717) is 22.5 Å². The number of carbonyl (C=O) groups excluding carboxylic acids is 1. The van der Waals surface area contributed by atoms with Crippen LogP contribution in [0.5, 0.6) is 0 Å². The van der Waals surface area contributed by atoms with E-state index in [1.807, 2.05) is 0 Å². The molecule has 1 aliphatic heterocycles. The van der Waals surface area contributed by atoms with Crippen molar-refractivity contribution in [3.05, 3.63) is 81.0 Å². The van der Waals surface area contributed by atoms with Gasteiger partial charge in [-0.1, -0.05) is 34.4 Å². The summed E-state index contributed by atoms with van der Waals surface area (Å²) in [5.74, 6) is 0.137. The molecule has 0 saturated heterocycles. The van der Waals surface area contributed by atoms with Gasteiger partial charge in [0.25, 0.3) is 11.5 Å². The third-order valence-electron chi connectivity index (χ3n) is 5.38. The van der Waals surface area contributed by atoms with E-state index >= 15 is 0 Å². The molecule has 172 valence electrons. The SMILES string of the molecule is Cc1cc(C2=NOC(c3cc(Cl)cc(Cl)c3)(C(F)(F)F)C2)ccc1C(=O)Nc1ccnn1C. The molecule has 0 fully saturated rings. The minimum atomic E-state index is -4.79. The van der Waals surface area contributed by atoms with Gasteiger partial charge in [0.1, 0.15) is 5.82 Å². The first-order valence-corrected chi connectivity index (χ1v) is 10.4. The molecule has 2 heterocycles. The lowest BCUT2D eigenvalue weighted by molar-refractivity contribution is -0.275. The lowest BCUT2D eigenvalue weighted by Crippen LogP contribution is -2.42. The van der Waals surface area contributed by atoms with Gasteiger partial charge in [0.15, 0.2) is 0 Å². The Morgan fingerprint density at radius 3 is 2.42 bits per heavy atom. The molecule has 6 nitrogen and oxygen atoms in total. The largest absolute Gasteiger partial charge is 0.435 e. The highest BCUT2D eigenvalue weighted by Crippen LogP contribution is 2.49. The molecule has 1 amide bonds. The maximum absolute atomic E-state index is 14.2. The van der Waals surface area contributed by atoms with Crippen molar-refractivity contribution in [3.63, 3.8) is 0 Å². The number of nitrogens with one attached hydrogen (secondary N) is 1. The average molecular weight is 497 g/mol. The number of amides is 1. The summed E-state index contributed by atoms with van der Waals surface area (Å²) in [7, 11) is 1.68. The number of aryl methyl sites for hydroxylation is 2. The van der Waals surface area contributed by atoms with Crippen LogP contribution in [0.25, 0.3) is 0 Å². The van der Waals surface area contributed by atoms with E-state index in [4.69, 9.17) is 28.0 Å². The van der Waals surface area contributed by atoms with E-state index < -0.39 is 18.2 Å². The fourth-order valence-corrected chi connectivity index (χ4v) is 4.15. The zero-order valence-electron chi connectivity index (χ0n) is 17.4. The molecular formula is C22H17Cl2F3N4O2. The lowest BCUT2D eigenvalue weighted by atomic mass is 9.86. The van der Waals surface area contributed by atoms with E-state index in [-0.39, 0.29) is 27.2 Å². The van der Waals surface area contributed by atoms with Crippen molar-refractivity contribution < 1.29 is 22.8 Å². The van der Waals surface area contributed by atoms with Gasteiger partial charge >= 0.3 is 6.18 Å². The van der Waals surface area contributed by atoms with E-state index in [2.05, 4.69) is 15.6 Å². The molecule has 33 heavy (non-hydrogen) atoms. The summed E-state index contributed by atoms with van der Waals surface area (Å²) >= 11 is 11.9. The average Bonchev–Trinajstić information content (AvgIpc) is 3.34. The van der Waals surface area contributed by atoms with Crippen LogP contribution in [0.4, 0.5) is 19.0 Å². The Morgan fingerprint density at radius 1 is 1.15 bits per heavy atom. The molecule has 0 spiro atoms. The zero-order chi connectivity index (χ0) is 24.0. The van der Waals surface area contributed by atoms with Crippen LogP contribution >= 0.6 is 23.2 Å². The van der Waals surface area contributed by atoms with Crippen LogP contribution in [-0.4, -0.2) is 27.6 Å². The number of aromatic nitrogens is 2. The summed E-state index contributed by atoms with van der Waals surface area (Å²) in [4.78, 5) is 17.6. The van der Waals surface area contributed by atoms with Crippen LogP contribution in [0, 0.1) is 6.92 Å². The molecule has 1 unspecified atom stereocenters. The van der Waals surface area contributed by atoms with Crippen molar-refractivity contribution >= 4 is 40.6 Å². The molecule has 1 N–H and O–H groups in total. The fraction of sp³-hybridized carbons (Fsp3) is 0.227. The Bertz CT molecular complexity index is 1250. The second kappa shape index (κ2) is 8.39. The number of benzene rings is 2. The Hall–Kier alpha value is -3.04. The molecule has 0 bridgehead atoms. The second-order valence-corrected chi connectivity index (χ2v) is 8.49. The first kappa shape index (κ1) is 23.1. The number of alkyl halides is 3. The summed E-state index contributed by atoms with van der Waals surface area (Å²) < 4.78 is 44.0. The van der Waals surface area contributed by atoms with Gasteiger partial charge in [-0.15, -0.1) is 0 Å². The van der Waals surface area contributed by atoms with E-state index in [9.17, 15) is 18.0 Å². The molecule has 1 aliphatic rings. The highest BCUT2D eigenvalue weighted by Gasteiger charge is 2.62. The predicted octanol–water partition coefficient (Wildman–Crippen LogP) is 5.87. The third-order valence-corrected chi connectivity index (χ3v) is 5.82. The van der Waals surface area contributed by atoms with Crippen molar-refractivity contribution in [2.75, 3.05) is 5.32 Å². The smallest absolute Gasteiger partial charge is 0.374 e. The molecule has 1 aromatic heterocycles. The molecule has 0 radical (unpaired) electrons. The quantitative estimate of drug-likeness (QED) is 0.491. The van der Waals surface area contributed by atoms with Crippen LogP contribution in [-0.2, 0) is 17.5 Å². The molecular weight excluding hydrogens is 480 g/mol. The van der Waals surface area contributed by atoms with Gasteiger partial charge in [0, 0.05) is 40.7 Å². The number of anilines is 1. The summed E-state index contributed by atoms with van der Waals surface area (Å²) in [6, 6.07) is 9.97. The van der Waals surface area contributed by atoms with Crippen LogP contribution in [0.1, 0.15) is 33.5 Å². The second-order valence-electron chi connectivity index (χ2n) is 7.61. The number of nitrogens with zero attached hydrogens (tertiary/aromatic N) is 3. The van der Waals surface area contributed by atoms with E-state index in [0.717, 1.165) is 12.1 Å². The van der Waals surface area contributed by atoms with Crippen LogP contribution in [0.2, 0.25) is 10.0 Å². The van der Waals surface area contributed by atoms with Crippen LogP contribution < -0.4 is 5.32 Å². The van der Waals surface area contributed by atoms with Gasteiger partial charge in [-0.05, 0) is 48.4 Å². The number of halogens is 5. The molecule has 4 rings (SSSR count). The number of hydrogen-bond acceptors (Lipinski definition) is 4. The van der Waals surface area contributed by atoms with Crippen molar-refractivity contribution in [1.29, 1.82) is 0 Å². The van der Waals surface area contributed by atoms with Gasteiger partial charge in [-0.25, -0.2) is 0 Å². The number of carbonyl (C=O) groups is 1. The minimum absolute atomic E-state index is 0.0535.